The van der Waals surface area contributed by atoms with Crippen molar-refractivity contribution in [1.82, 2.24) is 4.90 Å². The van der Waals surface area contributed by atoms with E-state index < -0.39 is 0 Å². The Balaban J connectivity index is 2.13. The van der Waals surface area contributed by atoms with Crippen LogP contribution in [0.25, 0.3) is 0 Å². The molecule has 1 aliphatic rings. The minimum atomic E-state index is 0.166. The van der Waals surface area contributed by atoms with Crippen LogP contribution in [0.1, 0.15) is 50.3 Å². The van der Waals surface area contributed by atoms with Crippen molar-refractivity contribution in [2.45, 2.75) is 57.7 Å². The Labute approximate surface area is 111 Å². The Bertz CT molecular complexity index is 388. The molecule has 2 N–H and O–H groups in total. The van der Waals surface area contributed by atoms with Crippen LogP contribution in [0.3, 0.4) is 0 Å². The number of benzene rings is 1. The molecule has 0 saturated heterocycles. The van der Waals surface area contributed by atoms with Gasteiger partial charge in [-0.25, -0.2) is 0 Å². The summed E-state index contributed by atoms with van der Waals surface area (Å²) in [7, 11) is 2.23. The summed E-state index contributed by atoms with van der Waals surface area (Å²) >= 11 is 0. The van der Waals surface area contributed by atoms with E-state index in [9.17, 15) is 0 Å². The summed E-state index contributed by atoms with van der Waals surface area (Å²) in [5, 5.41) is 0. The molecule has 3 unspecified atom stereocenters. The first-order valence-corrected chi connectivity index (χ1v) is 7.20. The molecule has 18 heavy (non-hydrogen) atoms. The highest BCUT2D eigenvalue weighted by molar-refractivity contribution is 5.33. The summed E-state index contributed by atoms with van der Waals surface area (Å²) in [6, 6.07) is 9.93. The normalized spacial score (nSPS) is 24.9. The van der Waals surface area contributed by atoms with Crippen molar-refractivity contribution in [2.24, 2.45) is 5.73 Å². The summed E-state index contributed by atoms with van der Waals surface area (Å²) < 4.78 is 0. The zero-order chi connectivity index (χ0) is 13.1. The lowest BCUT2D eigenvalue weighted by atomic mass is 9.83. The predicted octanol–water partition coefficient (Wildman–Crippen LogP) is 3.12. The highest BCUT2D eigenvalue weighted by Crippen LogP contribution is 2.31. The van der Waals surface area contributed by atoms with Crippen molar-refractivity contribution in [3.8, 4) is 0 Å². The zero-order valence-corrected chi connectivity index (χ0v) is 11.9. The van der Waals surface area contributed by atoms with E-state index in [-0.39, 0.29) is 6.04 Å². The first-order chi connectivity index (χ1) is 8.65. The maximum absolute atomic E-state index is 6.48. The Hall–Kier alpha value is -0.860. The number of nitrogens with two attached hydrogens (primary N) is 1. The van der Waals surface area contributed by atoms with E-state index in [2.05, 4.69) is 50.1 Å². The van der Waals surface area contributed by atoms with Gasteiger partial charge in [0.15, 0.2) is 0 Å². The van der Waals surface area contributed by atoms with Crippen LogP contribution < -0.4 is 5.73 Å². The number of rotatable bonds is 4. The van der Waals surface area contributed by atoms with Crippen LogP contribution >= 0.6 is 0 Å². The molecule has 1 aromatic carbocycles. The molecule has 0 fully saturated rings. The van der Waals surface area contributed by atoms with Crippen molar-refractivity contribution < 1.29 is 0 Å². The molecule has 0 radical (unpaired) electrons. The largest absolute Gasteiger partial charge is 0.323 e. The van der Waals surface area contributed by atoms with Crippen LogP contribution in [-0.2, 0) is 6.42 Å². The van der Waals surface area contributed by atoms with Gasteiger partial charge in [0.1, 0.15) is 0 Å². The molecule has 100 valence electrons. The SMILES string of the molecule is CCCC(C)N(C)C1CCc2ccccc2C1N. The second kappa shape index (κ2) is 5.85. The monoisotopic (exact) mass is 246 g/mol. The van der Waals surface area contributed by atoms with E-state index in [0.29, 0.717) is 12.1 Å². The summed E-state index contributed by atoms with van der Waals surface area (Å²) in [5.41, 5.74) is 9.28. The van der Waals surface area contributed by atoms with Gasteiger partial charge in [-0.15, -0.1) is 0 Å². The number of aryl methyl sites for hydroxylation is 1. The molecular weight excluding hydrogens is 220 g/mol. The van der Waals surface area contributed by atoms with Crippen LogP contribution in [-0.4, -0.2) is 24.0 Å². The van der Waals surface area contributed by atoms with Gasteiger partial charge in [-0.05, 0) is 44.4 Å². The lowest BCUT2D eigenvalue weighted by Crippen LogP contribution is -2.47. The van der Waals surface area contributed by atoms with Gasteiger partial charge < -0.3 is 5.73 Å². The third kappa shape index (κ3) is 2.60. The summed E-state index contributed by atoms with van der Waals surface area (Å²) in [6.45, 7) is 4.57. The van der Waals surface area contributed by atoms with Gasteiger partial charge >= 0.3 is 0 Å². The maximum Gasteiger partial charge on any atom is 0.0455 e. The maximum atomic E-state index is 6.48. The van der Waals surface area contributed by atoms with E-state index in [1.807, 2.05) is 0 Å². The summed E-state index contributed by atoms with van der Waals surface area (Å²) in [5.74, 6) is 0. The molecule has 3 atom stereocenters. The van der Waals surface area contributed by atoms with Crippen LogP contribution in [0.5, 0.6) is 0 Å². The fourth-order valence-electron chi connectivity index (χ4n) is 3.18. The lowest BCUT2D eigenvalue weighted by molar-refractivity contribution is 0.138. The van der Waals surface area contributed by atoms with E-state index in [0.717, 1.165) is 6.42 Å². The fraction of sp³-hybridized carbons (Fsp3) is 0.625. The lowest BCUT2D eigenvalue weighted by Gasteiger charge is -2.40. The number of hydrogen-bond donors (Lipinski definition) is 1. The average molecular weight is 246 g/mol. The Morgan fingerprint density at radius 1 is 1.39 bits per heavy atom. The van der Waals surface area contributed by atoms with Crippen LogP contribution in [0, 0.1) is 0 Å². The third-order valence-electron chi connectivity index (χ3n) is 4.46. The number of likely N-dealkylation sites (N-methyl/N-ethyl adjacent to an activating group) is 1. The molecular formula is C16H26N2. The van der Waals surface area contributed by atoms with E-state index in [1.165, 1.54) is 30.4 Å². The summed E-state index contributed by atoms with van der Waals surface area (Å²) in [4.78, 5) is 2.49. The number of fused-ring (bicyclic) bond motifs is 1. The van der Waals surface area contributed by atoms with Crippen LogP contribution in [0.4, 0.5) is 0 Å². The topological polar surface area (TPSA) is 29.3 Å². The van der Waals surface area contributed by atoms with Gasteiger partial charge in [0.2, 0.25) is 0 Å². The highest BCUT2D eigenvalue weighted by atomic mass is 15.2. The van der Waals surface area contributed by atoms with E-state index >= 15 is 0 Å². The van der Waals surface area contributed by atoms with Crippen molar-refractivity contribution in [3.63, 3.8) is 0 Å². The van der Waals surface area contributed by atoms with Crippen molar-refractivity contribution in [2.75, 3.05) is 7.05 Å². The molecule has 0 aromatic heterocycles. The fourth-order valence-corrected chi connectivity index (χ4v) is 3.18. The highest BCUT2D eigenvalue weighted by Gasteiger charge is 2.30. The molecule has 0 spiro atoms. The standard InChI is InChI=1S/C16H26N2/c1-4-7-12(2)18(3)15-11-10-13-8-5-6-9-14(13)16(15)17/h5-6,8-9,12,15-16H,4,7,10-11,17H2,1-3H3. The third-order valence-corrected chi connectivity index (χ3v) is 4.46. The molecule has 0 aliphatic heterocycles. The van der Waals surface area contributed by atoms with Gasteiger partial charge in [0, 0.05) is 18.1 Å². The van der Waals surface area contributed by atoms with Gasteiger partial charge in [0.25, 0.3) is 0 Å². The Morgan fingerprint density at radius 3 is 2.83 bits per heavy atom. The average Bonchev–Trinajstić information content (AvgIpc) is 2.39. The zero-order valence-electron chi connectivity index (χ0n) is 11.9. The van der Waals surface area contributed by atoms with Crippen LogP contribution in [0.2, 0.25) is 0 Å². The molecule has 0 saturated carbocycles. The van der Waals surface area contributed by atoms with Crippen molar-refractivity contribution in [1.29, 1.82) is 0 Å². The Kier molecular flexibility index (Phi) is 4.41. The molecule has 1 aromatic rings. The number of hydrogen-bond acceptors (Lipinski definition) is 2. The minimum absolute atomic E-state index is 0.166. The molecule has 0 heterocycles. The van der Waals surface area contributed by atoms with Crippen molar-refractivity contribution >= 4 is 0 Å². The number of nitrogens with zero attached hydrogens (tertiary/aromatic N) is 1. The van der Waals surface area contributed by atoms with Crippen molar-refractivity contribution in [3.05, 3.63) is 35.4 Å². The molecule has 2 heteroatoms. The Morgan fingerprint density at radius 2 is 2.11 bits per heavy atom. The van der Waals surface area contributed by atoms with Gasteiger partial charge in [-0.2, -0.15) is 0 Å². The first-order valence-electron chi connectivity index (χ1n) is 7.20. The molecule has 0 amide bonds. The quantitative estimate of drug-likeness (QED) is 0.884. The van der Waals surface area contributed by atoms with E-state index in [4.69, 9.17) is 5.73 Å². The smallest absolute Gasteiger partial charge is 0.0455 e. The van der Waals surface area contributed by atoms with E-state index in [1.54, 1.807) is 0 Å². The first kappa shape index (κ1) is 13.6. The molecule has 1 aliphatic carbocycles. The summed E-state index contributed by atoms with van der Waals surface area (Å²) in [6.07, 6.45) is 4.84. The minimum Gasteiger partial charge on any atom is -0.323 e. The van der Waals surface area contributed by atoms with Gasteiger partial charge in [0.05, 0.1) is 0 Å². The predicted molar refractivity (Wildman–Crippen MR) is 77.6 cm³/mol. The van der Waals surface area contributed by atoms with Crippen LogP contribution in [0.15, 0.2) is 24.3 Å². The van der Waals surface area contributed by atoms with Gasteiger partial charge in [-0.3, -0.25) is 4.90 Å². The second-order valence-electron chi connectivity index (χ2n) is 5.63. The molecule has 2 nitrogen and oxygen atoms in total. The second-order valence-corrected chi connectivity index (χ2v) is 5.63. The molecule has 0 bridgehead atoms. The van der Waals surface area contributed by atoms with Gasteiger partial charge in [-0.1, -0.05) is 37.6 Å². The molecule has 2 rings (SSSR count).